The Labute approximate surface area is 151 Å². The van der Waals surface area contributed by atoms with Crippen molar-refractivity contribution in [2.45, 2.75) is 58.0 Å². The lowest BCUT2D eigenvalue weighted by atomic mass is 9.90. The van der Waals surface area contributed by atoms with Gasteiger partial charge in [0.25, 0.3) is 0 Å². The maximum atomic E-state index is 5.02. The van der Waals surface area contributed by atoms with E-state index in [4.69, 9.17) is 5.10 Å². The van der Waals surface area contributed by atoms with Gasteiger partial charge in [0.2, 0.25) is 0 Å². The molecule has 0 bridgehead atoms. The summed E-state index contributed by atoms with van der Waals surface area (Å²) in [4.78, 5) is 2.60. The number of fused-ring (bicyclic) bond motifs is 1. The fraction of sp³-hybridized carbons (Fsp3) is 0.571. The van der Waals surface area contributed by atoms with E-state index in [1.54, 1.807) is 0 Å². The molecule has 0 amide bonds. The Bertz CT molecular complexity index is 683. The Morgan fingerprint density at radius 3 is 2.68 bits per heavy atom. The van der Waals surface area contributed by atoms with Crippen molar-refractivity contribution in [1.29, 1.82) is 0 Å². The minimum absolute atomic E-state index is 0.633. The van der Waals surface area contributed by atoms with E-state index >= 15 is 0 Å². The van der Waals surface area contributed by atoms with E-state index in [9.17, 15) is 0 Å². The van der Waals surface area contributed by atoms with Crippen molar-refractivity contribution in [3.63, 3.8) is 0 Å². The molecule has 1 aromatic carbocycles. The minimum atomic E-state index is 0.633. The third-order valence-electron chi connectivity index (χ3n) is 5.75. The highest BCUT2D eigenvalue weighted by Gasteiger charge is 2.28. The van der Waals surface area contributed by atoms with Crippen LogP contribution in [0, 0.1) is 0 Å². The number of benzene rings is 1. The summed E-state index contributed by atoms with van der Waals surface area (Å²) in [7, 11) is 0. The molecule has 4 rings (SSSR count). The van der Waals surface area contributed by atoms with E-state index in [1.165, 1.54) is 67.8 Å². The van der Waals surface area contributed by atoms with Crippen molar-refractivity contribution in [1.82, 2.24) is 14.7 Å². The van der Waals surface area contributed by atoms with Crippen molar-refractivity contribution in [3.8, 4) is 0 Å². The molecule has 1 fully saturated rings. The zero-order valence-corrected chi connectivity index (χ0v) is 15.4. The van der Waals surface area contributed by atoms with Crippen LogP contribution in [-0.4, -0.2) is 34.3 Å². The van der Waals surface area contributed by atoms with E-state index in [-0.39, 0.29) is 0 Å². The molecular formula is C21H30N4. The number of anilines is 1. The predicted octanol–water partition coefficient (Wildman–Crippen LogP) is 4.03. The van der Waals surface area contributed by atoms with Gasteiger partial charge in [-0.25, -0.2) is 4.68 Å². The summed E-state index contributed by atoms with van der Waals surface area (Å²) < 4.78 is 2.20. The Morgan fingerprint density at radius 2 is 1.92 bits per heavy atom. The highest BCUT2D eigenvalue weighted by Crippen LogP contribution is 2.35. The maximum Gasteiger partial charge on any atom is 0.127 e. The normalized spacial score (nSPS) is 19.2. The maximum absolute atomic E-state index is 5.02. The predicted molar refractivity (Wildman–Crippen MR) is 103 cm³/mol. The van der Waals surface area contributed by atoms with Crippen molar-refractivity contribution in [2.75, 3.05) is 25.0 Å². The number of likely N-dealkylation sites (tertiary alicyclic amines) is 1. The quantitative estimate of drug-likeness (QED) is 0.914. The van der Waals surface area contributed by atoms with Crippen LogP contribution in [0.5, 0.6) is 0 Å². The standard InChI is InChI=1S/C21H30N4/c1-2-25-21-19(10-6-7-13-22-21)20(23-25)18-11-14-24(15-12-18)16-17-8-4-3-5-9-17/h3-5,8-9,18,22H,2,6-7,10-16H2,1H3. The van der Waals surface area contributed by atoms with E-state index in [2.05, 4.69) is 52.2 Å². The molecule has 0 saturated carbocycles. The summed E-state index contributed by atoms with van der Waals surface area (Å²) in [6, 6.07) is 10.9. The summed E-state index contributed by atoms with van der Waals surface area (Å²) in [6.07, 6.45) is 6.23. The fourth-order valence-electron chi connectivity index (χ4n) is 4.36. The van der Waals surface area contributed by atoms with Gasteiger partial charge in [-0.1, -0.05) is 30.3 Å². The molecule has 25 heavy (non-hydrogen) atoms. The van der Waals surface area contributed by atoms with Gasteiger partial charge in [-0.2, -0.15) is 5.10 Å². The van der Waals surface area contributed by atoms with E-state index in [1.807, 2.05) is 0 Å². The topological polar surface area (TPSA) is 33.1 Å². The number of nitrogens with zero attached hydrogens (tertiary/aromatic N) is 3. The molecule has 1 saturated heterocycles. The van der Waals surface area contributed by atoms with Crippen molar-refractivity contribution < 1.29 is 0 Å². The van der Waals surface area contributed by atoms with Gasteiger partial charge >= 0.3 is 0 Å². The molecule has 4 heteroatoms. The second-order valence-electron chi connectivity index (χ2n) is 7.45. The Kier molecular flexibility index (Phi) is 5.07. The van der Waals surface area contributed by atoms with E-state index < -0.39 is 0 Å². The van der Waals surface area contributed by atoms with Gasteiger partial charge in [0.15, 0.2) is 0 Å². The second-order valence-corrected chi connectivity index (χ2v) is 7.45. The zero-order valence-electron chi connectivity index (χ0n) is 15.4. The van der Waals surface area contributed by atoms with Gasteiger partial charge < -0.3 is 5.32 Å². The number of rotatable bonds is 4. The van der Waals surface area contributed by atoms with Gasteiger partial charge in [0.05, 0.1) is 5.69 Å². The van der Waals surface area contributed by atoms with Crippen LogP contribution < -0.4 is 5.32 Å². The highest BCUT2D eigenvalue weighted by atomic mass is 15.3. The molecule has 2 aliphatic rings. The van der Waals surface area contributed by atoms with Crippen LogP contribution in [-0.2, 0) is 19.5 Å². The number of hydrogen-bond acceptors (Lipinski definition) is 3. The molecule has 3 heterocycles. The molecule has 1 aromatic heterocycles. The highest BCUT2D eigenvalue weighted by molar-refractivity contribution is 5.50. The number of hydrogen-bond donors (Lipinski definition) is 1. The number of aryl methyl sites for hydroxylation is 1. The summed E-state index contributed by atoms with van der Waals surface area (Å²) in [5.41, 5.74) is 4.33. The lowest BCUT2D eigenvalue weighted by Gasteiger charge is -2.31. The van der Waals surface area contributed by atoms with Crippen LogP contribution in [0.15, 0.2) is 30.3 Å². The lowest BCUT2D eigenvalue weighted by Crippen LogP contribution is -2.32. The van der Waals surface area contributed by atoms with Gasteiger partial charge in [0, 0.05) is 31.1 Å². The van der Waals surface area contributed by atoms with Crippen LogP contribution >= 0.6 is 0 Å². The van der Waals surface area contributed by atoms with Crippen molar-refractivity contribution in [3.05, 3.63) is 47.2 Å². The molecule has 4 nitrogen and oxygen atoms in total. The van der Waals surface area contributed by atoms with E-state index in [0.717, 1.165) is 19.6 Å². The Hall–Kier alpha value is -1.81. The van der Waals surface area contributed by atoms with Crippen LogP contribution in [0.25, 0.3) is 0 Å². The van der Waals surface area contributed by atoms with Gasteiger partial charge in [-0.15, -0.1) is 0 Å². The SMILES string of the molecule is CCn1nc(C2CCN(Cc3ccccc3)CC2)c2c1NCCCC2. The van der Waals surface area contributed by atoms with Crippen LogP contribution in [0.2, 0.25) is 0 Å². The zero-order chi connectivity index (χ0) is 17.1. The summed E-state index contributed by atoms with van der Waals surface area (Å²) in [5, 5.41) is 8.66. The summed E-state index contributed by atoms with van der Waals surface area (Å²) >= 11 is 0. The van der Waals surface area contributed by atoms with Gasteiger partial charge in [-0.05, 0) is 57.7 Å². The van der Waals surface area contributed by atoms with Crippen LogP contribution in [0.3, 0.4) is 0 Å². The first kappa shape index (κ1) is 16.6. The first-order valence-corrected chi connectivity index (χ1v) is 9.95. The second kappa shape index (κ2) is 7.61. The molecule has 0 atom stereocenters. The number of piperidine rings is 1. The molecule has 0 radical (unpaired) electrons. The minimum Gasteiger partial charge on any atom is -0.370 e. The monoisotopic (exact) mass is 338 g/mol. The third kappa shape index (κ3) is 3.59. The molecule has 1 N–H and O–H groups in total. The molecule has 0 spiro atoms. The van der Waals surface area contributed by atoms with Crippen molar-refractivity contribution in [2.24, 2.45) is 0 Å². The first-order chi connectivity index (χ1) is 12.3. The largest absolute Gasteiger partial charge is 0.370 e. The first-order valence-electron chi connectivity index (χ1n) is 9.95. The van der Waals surface area contributed by atoms with Gasteiger partial charge in [0.1, 0.15) is 5.82 Å². The number of nitrogens with one attached hydrogen (secondary N) is 1. The summed E-state index contributed by atoms with van der Waals surface area (Å²) in [6.45, 7) is 7.69. The Morgan fingerprint density at radius 1 is 1.12 bits per heavy atom. The third-order valence-corrected chi connectivity index (χ3v) is 5.75. The molecule has 0 unspecified atom stereocenters. The fourth-order valence-corrected chi connectivity index (χ4v) is 4.36. The van der Waals surface area contributed by atoms with Crippen LogP contribution in [0.1, 0.15) is 55.3 Å². The average molecular weight is 338 g/mol. The molecule has 0 aliphatic carbocycles. The average Bonchev–Trinajstić information content (AvgIpc) is 2.83. The van der Waals surface area contributed by atoms with Crippen LogP contribution in [0.4, 0.5) is 5.82 Å². The Balaban J connectivity index is 1.45. The molecule has 134 valence electrons. The summed E-state index contributed by atoms with van der Waals surface area (Å²) in [5.74, 6) is 1.94. The van der Waals surface area contributed by atoms with Crippen molar-refractivity contribution >= 4 is 5.82 Å². The number of aromatic nitrogens is 2. The van der Waals surface area contributed by atoms with Gasteiger partial charge in [-0.3, -0.25) is 4.90 Å². The molecule has 2 aliphatic heterocycles. The lowest BCUT2D eigenvalue weighted by molar-refractivity contribution is 0.202. The van der Waals surface area contributed by atoms with E-state index in [0.29, 0.717) is 5.92 Å². The molecule has 2 aromatic rings. The molecular weight excluding hydrogens is 308 g/mol. The smallest absolute Gasteiger partial charge is 0.127 e.